The van der Waals surface area contributed by atoms with E-state index in [-0.39, 0.29) is 0 Å². The quantitative estimate of drug-likeness (QED) is 0.0807. The average molecular weight is 759 g/mol. The minimum absolute atomic E-state index is 0.632. The van der Waals surface area contributed by atoms with Crippen molar-refractivity contribution in [3.63, 3.8) is 0 Å². The fourth-order valence-electron chi connectivity index (χ4n) is 7.94. The summed E-state index contributed by atoms with van der Waals surface area (Å²) in [4.78, 5) is 9.45. The van der Waals surface area contributed by atoms with Gasteiger partial charge < -0.3 is 25.5 Å². The minimum atomic E-state index is 0.632. The van der Waals surface area contributed by atoms with E-state index in [2.05, 4.69) is 174 Å². The number of para-hydroxylation sites is 2. The highest BCUT2D eigenvalue weighted by atomic mass is 15.2. The van der Waals surface area contributed by atoms with E-state index in [1.54, 1.807) is 0 Å². The molecule has 288 valence electrons. The highest BCUT2D eigenvalue weighted by Crippen LogP contribution is 2.40. The Labute approximate surface area is 342 Å². The number of nitrogens with one attached hydrogen (secondary N) is 1. The van der Waals surface area contributed by atoms with Crippen LogP contribution in [0, 0.1) is 11.3 Å². The van der Waals surface area contributed by atoms with Crippen LogP contribution in [0.1, 0.15) is 50.7 Å². The maximum absolute atomic E-state index is 7.92. The molecule has 0 saturated carbocycles. The van der Waals surface area contributed by atoms with Crippen molar-refractivity contribution in [3.05, 3.63) is 181 Å². The lowest BCUT2D eigenvalue weighted by atomic mass is 9.99. The van der Waals surface area contributed by atoms with E-state index in [0.717, 1.165) is 69.6 Å². The van der Waals surface area contributed by atoms with Gasteiger partial charge in [-0.3, -0.25) is 4.99 Å². The summed E-state index contributed by atoms with van der Waals surface area (Å²) in [7, 11) is 0. The number of benzene rings is 7. The van der Waals surface area contributed by atoms with Crippen molar-refractivity contribution in [2.45, 2.75) is 46.1 Å². The SMILES string of the molecule is CCCCC(CC)Cn1c2ccc(C=N)cc2c2cc(C=Nc3ccc(N(c4ccccc4)c4ccc(N(c5ccccc5)c5ccc(N)cc5)cc4)cc3)ccc21. The van der Waals surface area contributed by atoms with Crippen LogP contribution in [0.25, 0.3) is 21.8 Å². The monoisotopic (exact) mass is 758 g/mol. The molecule has 0 bridgehead atoms. The first kappa shape index (κ1) is 38.0. The Morgan fingerprint density at radius 3 is 1.55 bits per heavy atom. The van der Waals surface area contributed by atoms with Gasteiger partial charge >= 0.3 is 0 Å². The zero-order chi connectivity index (χ0) is 39.8. The van der Waals surface area contributed by atoms with Gasteiger partial charge in [0.15, 0.2) is 0 Å². The van der Waals surface area contributed by atoms with Gasteiger partial charge in [-0.05, 0) is 145 Å². The molecular formula is C52H50N6. The van der Waals surface area contributed by atoms with Gasteiger partial charge in [-0.25, -0.2) is 0 Å². The number of nitrogen functional groups attached to an aromatic ring is 1. The van der Waals surface area contributed by atoms with Crippen LogP contribution in [0.4, 0.5) is 45.5 Å². The van der Waals surface area contributed by atoms with Crippen LogP contribution >= 0.6 is 0 Å². The molecule has 7 aromatic carbocycles. The molecule has 0 saturated heterocycles. The molecule has 0 aliphatic carbocycles. The lowest BCUT2D eigenvalue weighted by molar-refractivity contribution is 0.401. The summed E-state index contributed by atoms with van der Waals surface area (Å²) in [6, 6.07) is 59.0. The van der Waals surface area contributed by atoms with Crippen LogP contribution in [0.5, 0.6) is 0 Å². The summed E-state index contributed by atoms with van der Waals surface area (Å²) in [6.45, 7) is 5.58. The third-order valence-corrected chi connectivity index (χ3v) is 11.1. The second-order valence-corrected chi connectivity index (χ2v) is 14.9. The summed E-state index contributed by atoms with van der Waals surface area (Å²) >= 11 is 0. The standard InChI is InChI=1S/C52H50N6/c1-3-5-12-38(4-2)37-56-51-31-17-39(35-53)33-49(51)50-34-40(18-32-52(50)56)36-55-42-21-25-46(26-22-42)58(44-15-10-7-11-16-44)48-29-27-47(28-30-48)57(43-13-8-6-9-14-43)45-23-19-41(54)20-24-45/h6-11,13-36,38,53H,3-5,12,37,54H2,1-2H3. The van der Waals surface area contributed by atoms with Gasteiger partial charge in [-0.1, -0.05) is 81.6 Å². The van der Waals surface area contributed by atoms with Gasteiger partial charge in [-0.15, -0.1) is 0 Å². The second-order valence-electron chi connectivity index (χ2n) is 14.9. The second kappa shape index (κ2) is 17.5. The van der Waals surface area contributed by atoms with Crippen LogP contribution in [0.2, 0.25) is 0 Å². The topological polar surface area (TPSA) is 73.6 Å². The largest absolute Gasteiger partial charge is 0.399 e. The number of hydrogen-bond donors (Lipinski definition) is 2. The molecule has 1 aromatic heterocycles. The molecule has 0 amide bonds. The molecule has 0 radical (unpaired) electrons. The molecule has 58 heavy (non-hydrogen) atoms. The summed E-state index contributed by atoms with van der Waals surface area (Å²) in [6.07, 6.45) is 8.28. The molecule has 1 heterocycles. The maximum Gasteiger partial charge on any atom is 0.0631 e. The first-order valence-corrected chi connectivity index (χ1v) is 20.4. The van der Waals surface area contributed by atoms with Gasteiger partial charge in [0.2, 0.25) is 0 Å². The Hall–Kier alpha value is -6.92. The molecule has 3 N–H and O–H groups in total. The molecule has 0 aliphatic rings. The van der Waals surface area contributed by atoms with Crippen molar-refractivity contribution in [2.75, 3.05) is 15.5 Å². The fraction of sp³-hybridized carbons (Fsp3) is 0.154. The van der Waals surface area contributed by atoms with E-state index in [9.17, 15) is 0 Å². The number of fused-ring (bicyclic) bond motifs is 3. The molecule has 6 nitrogen and oxygen atoms in total. The van der Waals surface area contributed by atoms with Gasteiger partial charge in [0.1, 0.15) is 0 Å². The lowest BCUT2D eigenvalue weighted by Gasteiger charge is -2.28. The summed E-state index contributed by atoms with van der Waals surface area (Å²) in [5.74, 6) is 0.632. The number of anilines is 7. The summed E-state index contributed by atoms with van der Waals surface area (Å²) in [5, 5.41) is 10.3. The first-order valence-electron chi connectivity index (χ1n) is 20.4. The Morgan fingerprint density at radius 1 is 0.586 bits per heavy atom. The first-order chi connectivity index (χ1) is 28.5. The molecule has 1 atom stereocenters. The Kier molecular flexibility index (Phi) is 11.4. The third kappa shape index (κ3) is 8.14. The van der Waals surface area contributed by atoms with Crippen molar-refractivity contribution < 1.29 is 0 Å². The van der Waals surface area contributed by atoms with Crippen molar-refractivity contribution in [3.8, 4) is 0 Å². The molecule has 6 heteroatoms. The lowest BCUT2D eigenvalue weighted by Crippen LogP contribution is -2.12. The number of aliphatic imine (C=N–C) groups is 1. The Bertz CT molecular complexity index is 2630. The van der Waals surface area contributed by atoms with Gasteiger partial charge in [0.25, 0.3) is 0 Å². The molecule has 8 aromatic rings. The number of hydrogen-bond acceptors (Lipinski definition) is 5. The summed E-state index contributed by atoms with van der Waals surface area (Å²) < 4.78 is 2.49. The zero-order valence-electron chi connectivity index (χ0n) is 33.3. The molecule has 8 rings (SSSR count). The van der Waals surface area contributed by atoms with E-state index >= 15 is 0 Å². The number of rotatable bonds is 15. The number of aromatic nitrogens is 1. The van der Waals surface area contributed by atoms with Crippen LogP contribution in [-0.2, 0) is 6.54 Å². The molecule has 1 unspecified atom stereocenters. The van der Waals surface area contributed by atoms with Gasteiger partial charge in [0, 0.05) is 80.6 Å². The Balaban J connectivity index is 1.08. The minimum Gasteiger partial charge on any atom is -0.399 e. The number of unbranched alkanes of at least 4 members (excludes halogenated alkanes) is 1. The normalized spacial score (nSPS) is 12.0. The molecule has 0 spiro atoms. The zero-order valence-corrected chi connectivity index (χ0v) is 33.3. The van der Waals surface area contributed by atoms with Crippen LogP contribution in [-0.4, -0.2) is 17.0 Å². The predicted molar refractivity (Wildman–Crippen MR) is 248 cm³/mol. The predicted octanol–water partition coefficient (Wildman–Crippen LogP) is 14.3. The smallest absolute Gasteiger partial charge is 0.0631 e. The number of nitrogens with two attached hydrogens (primary N) is 1. The van der Waals surface area contributed by atoms with Gasteiger partial charge in [0.05, 0.1) is 5.69 Å². The van der Waals surface area contributed by atoms with Crippen molar-refractivity contribution in [2.24, 2.45) is 10.9 Å². The van der Waals surface area contributed by atoms with Crippen molar-refractivity contribution >= 4 is 79.7 Å². The molecule has 0 aliphatic heterocycles. The molecule has 0 fully saturated rings. The highest BCUT2D eigenvalue weighted by Gasteiger charge is 2.17. The van der Waals surface area contributed by atoms with Crippen molar-refractivity contribution in [1.82, 2.24) is 4.57 Å². The fourth-order valence-corrected chi connectivity index (χ4v) is 7.94. The third-order valence-electron chi connectivity index (χ3n) is 11.1. The van der Waals surface area contributed by atoms with Crippen molar-refractivity contribution in [1.29, 1.82) is 5.41 Å². The Morgan fingerprint density at radius 2 is 1.05 bits per heavy atom. The van der Waals surface area contributed by atoms with Crippen LogP contribution in [0.3, 0.4) is 0 Å². The van der Waals surface area contributed by atoms with E-state index in [1.807, 2.05) is 30.5 Å². The van der Waals surface area contributed by atoms with E-state index in [0.29, 0.717) is 5.92 Å². The van der Waals surface area contributed by atoms with Gasteiger partial charge in [-0.2, -0.15) is 0 Å². The van der Waals surface area contributed by atoms with E-state index < -0.39 is 0 Å². The number of nitrogens with zero attached hydrogens (tertiary/aromatic N) is 4. The van der Waals surface area contributed by atoms with E-state index in [1.165, 1.54) is 47.3 Å². The summed E-state index contributed by atoms with van der Waals surface area (Å²) in [5.41, 5.74) is 18.4. The van der Waals surface area contributed by atoms with E-state index in [4.69, 9.17) is 16.1 Å². The maximum atomic E-state index is 7.92. The van der Waals surface area contributed by atoms with Crippen LogP contribution < -0.4 is 15.5 Å². The molecular weight excluding hydrogens is 709 g/mol. The average Bonchev–Trinajstić information content (AvgIpc) is 3.58. The highest BCUT2D eigenvalue weighted by molar-refractivity contribution is 6.11. The van der Waals surface area contributed by atoms with Crippen LogP contribution in [0.15, 0.2) is 175 Å².